The fraction of sp³-hybridized carbons (Fsp3) is 0.310. The summed E-state index contributed by atoms with van der Waals surface area (Å²) < 4.78 is 8.94. The summed E-state index contributed by atoms with van der Waals surface area (Å²) in [4.78, 5) is 27.5. The second-order valence-corrected chi connectivity index (χ2v) is 9.43. The lowest BCUT2D eigenvalue weighted by atomic mass is 9.67. The van der Waals surface area contributed by atoms with Crippen LogP contribution in [0.15, 0.2) is 89.3 Å². The summed E-state index contributed by atoms with van der Waals surface area (Å²) >= 11 is 4.77. The lowest BCUT2D eigenvalue weighted by Gasteiger charge is -2.43. The lowest BCUT2D eigenvalue weighted by molar-refractivity contribution is 0.0920. The van der Waals surface area contributed by atoms with Crippen LogP contribution >= 0.6 is 0 Å². The van der Waals surface area contributed by atoms with E-state index in [1.165, 1.54) is 5.56 Å². The largest absolute Gasteiger partial charge is 0.496 e. The maximum absolute atomic E-state index is 13.1. The minimum absolute atomic E-state index is 0.0335. The number of carbonyl (C=O) groups excluding carboxylic acids is 2. The van der Waals surface area contributed by atoms with E-state index in [1.807, 2.05) is 60.7 Å². The molecule has 0 atom stereocenters. The van der Waals surface area contributed by atoms with Gasteiger partial charge in [0.1, 0.15) is 5.75 Å². The molecule has 0 bridgehead atoms. The number of ether oxygens (including phenoxy) is 1. The van der Waals surface area contributed by atoms with Crippen molar-refractivity contribution in [2.45, 2.75) is 43.7 Å². The molecule has 6 nitrogen and oxygen atoms in total. The van der Waals surface area contributed by atoms with E-state index in [-0.39, 0.29) is 23.4 Å². The van der Waals surface area contributed by atoms with Crippen LogP contribution in [0.25, 0.3) is 0 Å². The summed E-state index contributed by atoms with van der Waals surface area (Å²) in [6.45, 7) is 0.978. The van der Waals surface area contributed by atoms with E-state index in [0.29, 0.717) is 24.4 Å². The van der Waals surface area contributed by atoms with Crippen LogP contribution in [0, 0.1) is 0 Å². The van der Waals surface area contributed by atoms with Gasteiger partial charge in [0.25, 0.3) is 5.91 Å². The maximum Gasteiger partial charge on any atom is 0.355 e. The van der Waals surface area contributed by atoms with Crippen LogP contribution in [-0.4, -0.2) is 36.5 Å². The number of urea groups is 1. The van der Waals surface area contributed by atoms with Crippen molar-refractivity contribution in [3.8, 4) is 5.75 Å². The molecule has 1 aliphatic carbocycles. The third kappa shape index (κ3) is 5.79. The van der Waals surface area contributed by atoms with Crippen LogP contribution in [-0.2, 0) is 24.4 Å². The molecule has 36 heavy (non-hydrogen) atoms. The fourth-order valence-electron chi connectivity index (χ4n) is 5.19. The van der Waals surface area contributed by atoms with E-state index in [4.69, 9.17) is 17.2 Å². The highest BCUT2D eigenvalue weighted by Gasteiger charge is 2.39. The van der Waals surface area contributed by atoms with Gasteiger partial charge in [0.05, 0.1) is 12.7 Å². The molecule has 186 valence electrons. The zero-order valence-electron chi connectivity index (χ0n) is 20.4. The van der Waals surface area contributed by atoms with Crippen molar-refractivity contribution in [2.75, 3.05) is 13.7 Å². The van der Waals surface area contributed by atoms with E-state index in [0.717, 1.165) is 31.2 Å². The Kier molecular flexibility index (Phi) is 8.44. The zero-order valence-corrected chi connectivity index (χ0v) is 21.2. The van der Waals surface area contributed by atoms with Crippen LogP contribution in [0.4, 0.5) is 4.79 Å². The number of hydrogen-bond donors (Lipinski definition) is 1. The fourth-order valence-corrected chi connectivity index (χ4v) is 5.29. The lowest BCUT2D eigenvalue weighted by Crippen LogP contribution is -2.48. The molecular weight excluding hydrogens is 470 g/mol. The number of rotatable bonds is 8. The third-order valence-corrected chi connectivity index (χ3v) is 7.35. The molecule has 0 unspecified atom stereocenters. The quantitative estimate of drug-likeness (QED) is 0.432. The molecular formula is C29H31N3O3S. The Hall–Kier alpha value is -3.58. The Morgan fingerprint density at radius 1 is 0.972 bits per heavy atom. The summed E-state index contributed by atoms with van der Waals surface area (Å²) in [5.74, 6) is 0.394. The van der Waals surface area contributed by atoms with Crippen molar-refractivity contribution in [3.63, 3.8) is 0 Å². The van der Waals surface area contributed by atoms with Crippen LogP contribution in [0.5, 0.6) is 5.75 Å². The number of para-hydroxylation sites is 1. The van der Waals surface area contributed by atoms with Crippen LogP contribution in [0.1, 0.15) is 47.2 Å². The Bertz CT molecular complexity index is 1180. The number of carbonyl (C=O) groups is 2. The maximum atomic E-state index is 13.1. The minimum atomic E-state index is -0.365. The molecule has 3 aromatic carbocycles. The van der Waals surface area contributed by atoms with Crippen LogP contribution in [0.2, 0.25) is 0 Å². The highest BCUT2D eigenvalue weighted by molar-refractivity contribution is 7.47. The monoisotopic (exact) mass is 501 g/mol. The number of hydrogen-bond acceptors (Lipinski definition) is 4. The van der Waals surface area contributed by atoms with Gasteiger partial charge in [-0.2, -0.15) is 0 Å². The minimum Gasteiger partial charge on any atom is -0.496 e. The molecule has 0 heterocycles. The summed E-state index contributed by atoms with van der Waals surface area (Å²) in [6.07, 6.45) is 3.24. The van der Waals surface area contributed by atoms with Gasteiger partial charge in [-0.15, -0.1) is 4.36 Å². The number of benzene rings is 3. The van der Waals surface area contributed by atoms with E-state index in [9.17, 15) is 9.59 Å². The SMILES string of the molecule is COc1ccccc1C(=O)NC[C@]1(c2ccccc2)CC[C@@H](N(Cc2ccccc2)C(=O)N=S)CC1. The first-order chi connectivity index (χ1) is 17.6. The second kappa shape index (κ2) is 11.9. The highest BCUT2D eigenvalue weighted by Crippen LogP contribution is 2.41. The van der Waals surface area contributed by atoms with Gasteiger partial charge in [-0.1, -0.05) is 72.8 Å². The van der Waals surface area contributed by atoms with Crippen LogP contribution < -0.4 is 10.1 Å². The summed E-state index contributed by atoms with van der Waals surface area (Å²) in [7, 11) is 1.57. The third-order valence-electron chi connectivity index (χ3n) is 7.20. The summed E-state index contributed by atoms with van der Waals surface area (Å²) in [6, 6.07) is 27.1. The predicted octanol–water partition coefficient (Wildman–Crippen LogP) is 5.66. The smallest absolute Gasteiger partial charge is 0.355 e. The Morgan fingerprint density at radius 3 is 2.22 bits per heavy atom. The van der Waals surface area contributed by atoms with Gasteiger partial charge in [0.15, 0.2) is 0 Å². The number of nitrogens with one attached hydrogen (secondary N) is 1. The van der Waals surface area contributed by atoms with Gasteiger partial charge < -0.3 is 15.0 Å². The van der Waals surface area contributed by atoms with E-state index < -0.39 is 0 Å². The Morgan fingerprint density at radius 2 is 1.58 bits per heavy atom. The Labute approximate surface area is 217 Å². The number of methoxy groups -OCH3 is 1. The van der Waals surface area contributed by atoms with Gasteiger partial charge in [0, 0.05) is 37.0 Å². The van der Waals surface area contributed by atoms with Crippen LogP contribution in [0.3, 0.4) is 0 Å². The highest BCUT2D eigenvalue weighted by atomic mass is 32.1. The molecule has 0 saturated heterocycles. The van der Waals surface area contributed by atoms with Gasteiger partial charge in [0.2, 0.25) is 0 Å². The predicted molar refractivity (Wildman–Crippen MR) is 143 cm³/mol. The molecule has 4 rings (SSSR count). The topological polar surface area (TPSA) is 71.0 Å². The standard InChI is InChI=1S/C29H31N3O3S/c1-35-26-15-9-8-14-25(26)27(33)30-21-29(23-12-6-3-7-13-23)18-16-24(17-19-29)32(28(34)31-36)20-22-10-4-2-5-11-22/h2-15,24H,16-21H2,1H3,(H,30,33)/t24-,29+. The second-order valence-electron chi connectivity index (χ2n) is 9.25. The molecule has 1 N–H and O–H groups in total. The summed E-state index contributed by atoms with van der Waals surface area (Å²) in [5.41, 5.74) is 2.52. The molecule has 0 spiro atoms. The van der Waals surface area contributed by atoms with Gasteiger partial charge >= 0.3 is 6.03 Å². The van der Waals surface area contributed by atoms with Crippen molar-refractivity contribution in [3.05, 3.63) is 102 Å². The van der Waals surface area contributed by atoms with Crippen molar-refractivity contribution >= 4 is 24.4 Å². The van der Waals surface area contributed by atoms with Crippen molar-refractivity contribution < 1.29 is 14.3 Å². The first kappa shape index (κ1) is 25.5. The molecule has 7 heteroatoms. The molecule has 0 aromatic heterocycles. The molecule has 0 radical (unpaired) electrons. The molecule has 0 aliphatic heterocycles. The number of nitrogens with zero attached hydrogens (tertiary/aromatic N) is 2. The normalized spacial score (nSPS) is 19.2. The van der Waals surface area contributed by atoms with Gasteiger partial charge in [-0.05, 0) is 48.9 Å². The molecule has 1 fully saturated rings. The molecule has 3 aromatic rings. The zero-order chi connectivity index (χ0) is 25.4. The molecule has 1 saturated carbocycles. The van der Waals surface area contributed by atoms with E-state index in [1.54, 1.807) is 24.1 Å². The molecule has 1 aliphatic rings. The average molecular weight is 502 g/mol. The van der Waals surface area contributed by atoms with Crippen molar-refractivity contribution in [1.29, 1.82) is 0 Å². The van der Waals surface area contributed by atoms with Gasteiger partial charge in [-0.25, -0.2) is 4.79 Å². The first-order valence-electron chi connectivity index (χ1n) is 12.2. The molecule has 3 amide bonds. The van der Waals surface area contributed by atoms with Crippen molar-refractivity contribution in [2.24, 2.45) is 4.36 Å². The first-order valence-corrected chi connectivity index (χ1v) is 12.6. The van der Waals surface area contributed by atoms with Gasteiger partial charge in [-0.3, -0.25) is 4.79 Å². The van der Waals surface area contributed by atoms with E-state index in [2.05, 4.69) is 21.8 Å². The average Bonchev–Trinajstić information content (AvgIpc) is 2.95. The van der Waals surface area contributed by atoms with Crippen molar-refractivity contribution in [1.82, 2.24) is 10.2 Å². The number of amides is 3. The van der Waals surface area contributed by atoms with E-state index >= 15 is 0 Å². The summed E-state index contributed by atoms with van der Waals surface area (Å²) in [5, 5.41) is 3.17. The Balaban J connectivity index is 1.52.